The summed E-state index contributed by atoms with van der Waals surface area (Å²) in [6, 6.07) is 5.93. The topological polar surface area (TPSA) is 121 Å². The lowest BCUT2D eigenvalue weighted by Crippen LogP contribution is -2.34. The van der Waals surface area contributed by atoms with E-state index in [0.717, 1.165) is 31.0 Å². The van der Waals surface area contributed by atoms with Crippen molar-refractivity contribution in [3.05, 3.63) is 48.0 Å². The zero-order valence-electron chi connectivity index (χ0n) is 17.3. The van der Waals surface area contributed by atoms with Gasteiger partial charge >= 0.3 is 12.1 Å². The highest BCUT2D eigenvalue weighted by Crippen LogP contribution is 2.21. The lowest BCUT2D eigenvalue weighted by Gasteiger charge is -2.24. The van der Waals surface area contributed by atoms with Gasteiger partial charge in [0.05, 0.1) is 23.1 Å². The van der Waals surface area contributed by atoms with E-state index in [1.54, 1.807) is 41.6 Å². The van der Waals surface area contributed by atoms with Crippen molar-refractivity contribution in [1.29, 1.82) is 0 Å². The van der Waals surface area contributed by atoms with Crippen LogP contribution in [0.4, 0.5) is 30.6 Å². The van der Waals surface area contributed by atoms with Gasteiger partial charge in [-0.2, -0.15) is 23.3 Å². The van der Waals surface area contributed by atoms with Crippen LogP contribution < -0.4 is 15.5 Å². The van der Waals surface area contributed by atoms with E-state index in [4.69, 9.17) is 21.5 Å². The van der Waals surface area contributed by atoms with Crippen LogP contribution in [0.3, 0.4) is 0 Å². The average Bonchev–Trinajstić information content (AvgIpc) is 3.46. The molecule has 0 spiro atoms. The van der Waals surface area contributed by atoms with Gasteiger partial charge in [-0.25, -0.2) is 19.4 Å². The molecular weight excluding hydrogens is 465 g/mol. The molecule has 3 N–H and O–H groups in total. The Morgan fingerprint density at radius 1 is 1.33 bits per heavy atom. The van der Waals surface area contributed by atoms with E-state index in [1.807, 2.05) is 6.07 Å². The van der Waals surface area contributed by atoms with Crippen molar-refractivity contribution < 1.29 is 23.1 Å². The van der Waals surface area contributed by atoms with Crippen LogP contribution >= 0.6 is 11.6 Å². The Kier molecular flexibility index (Phi) is 7.66. The second-order valence-corrected chi connectivity index (χ2v) is 7.31. The zero-order valence-corrected chi connectivity index (χ0v) is 18.0. The molecule has 0 saturated carbocycles. The van der Waals surface area contributed by atoms with Gasteiger partial charge in [0, 0.05) is 32.0 Å². The Hall–Kier alpha value is -3.45. The number of aliphatic carboxylic acids is 1. The fourth-order valence-electron chi connectivity index (χ4n) is 2.94. The molecule has 1 aliphatic heterocycles. The summed E-state index contributed by atoms with van der Waals surface area (Å²) < 4.78 is 33.4. The quantitative estimate of drug-likeness (QED) is 0.502. The number of anilines is 3. The van der Waals surface area contributed by atoms with Crippen molar-refractivity contribution in [1.82, 2.24) is 30.0 Å². The summed E-state index contributed by atoms with van der Waals surface area (Å²) in [6.07, 6.45) is 2.95. The number of aromatic nitrogens is 5. The molecule has 14 heteroatoms. The fraction of sp³-hybridized carbons (Fsp3) is 0.316. The molecule has 0 bridgehead atoms. The Labute approximate surface area is 191 Å². The van der Waals surface area contributed by atoms with Crippen LogP contribution in [-0.4, -0.2) is 68.2 Å². The molecule has 1 atom stereocenters. The average molecular weight is 485 g/mol. The molecule has 33 heavy (non-hydrogen) atoms. The predicted molar refractivity (Wildman–Crippen MR) is 115 cm³/mol. The summed E-state index contributed by atoms with van der Waals surface area (Å²) in [5, 5.41) is 18.5. The number of rotatable bonds is 5. The summed E-state index contributed by atoms with van der Waals surface area (Å²) in [6.45, 7) is 2.02. The minimum Gasteiger partial charge on any atom is -0.475 e. The number of halogens is 4. The van der Waals surface area contributed by atoms with E-state index < -0.39 is 12.1 Å². The van der Waals surface area contributed by atoms with Gasteiger partial charge in [0.15, 0.2) is 5.82 Å². The van der Waals surface area contributed by atoms with Crippen LogP contribution in [-0.2, 0) is 4.79 Å². The first-order chi connectivity index (χ1) is 15.6. The van der Waals surface area contributed by atoms with Gasteiger partial charge in [0.1, 0.15) is 5.82 Å². The molecule has 0 aromatic carbocycles. The lowest BCUT2D eigenvalue weighted by molar-refractivity contribution is -0.192. The van der Waals surface area contributed by atoms with Gasteiger partial charge < -0.3 is 20.6 Å². The fourth-order valence-corrected chi connectivity index (χ4v) is 3.15. The molecule has 3 aromatic rings. The number of hydrogen-bond acceptors (Lipinski definition) is 8. The molecule has 10 nitrogen and oxygen atoms in total. The van der Waals surface area contributed by atoms with Crippen LogP contribution in [0.15, 0.2) is 43.0 Å². The molecule has 1 unspecified atom stereocenters. The number of pyridine rings is 1. The van der Waals surface area contributed by atoms with E-state index in [1.165, 1.54) is 0 Å². The maximum absolute atomic E-state index is 10.6. The number of hydrogen-bond donors (Lipinski definition) is 3. The second kappa shape index (κ2) is 10.4. The minimum absolute atomic E-state index is 0.451. The SMILES string of the molecule is CN(c1ccnc(Nc2cnn(-c3ncccc3Cl)c2)n1)C1CCNC1.O=C(O)C(F)(F)F. The van der Waals surface area contributed by atoms with Gasteiger partial charge in [-0.05, 0) is 31.2 Å². The van der Waals surface area contributed by atoms with E-state index in [0.29, 0.717) is 22.8 Å². The zero-order chi connectivity index (χ0) is 24.0. The molecular formula is C19H20ClF3N8O2. The van der Waals surface area contributed by atoms with Gasteiger partial charge in [-0.15, -0.1) is 0 Å². The van der Waals surface area contributed by atoms with E-state index in [2.05, 4.69) is 42.6 Å². The molecule has 4 rings (SSSR count). The van der Waals surface area contributed by atoms with Crippen LogP contribution in [0.25, 0.3) is 5.82 Å². The molecule has 1 saturated heterocycles. The summed E-state index contributed by atoms with van der Waals surface area (Å²) >= 11 is 6.17. The largest absolute Gasteiger partial charge is 0.490 e. The van der Waals surface area contributed by atoms with Crippen molar-refractivity contribution in [2.24, 2.45) is 0 Å². The highest BCUT2D eigenvalue weighted by Gasteiger charge is 2.38. The highest BCUT2D eigenvalue weighted by atomic mass is 35.5. The molecule has 0 amide bonds. The maximum Gasteiger partial charge on any atom is 0.490 e. The smallest absolute Gasteiger partial charge is 0.475 e. The minimum atomic E-state index is -5.08. The number of carboxylic acid groups (broad SMARTS) is 1. The normalized spacial score (nSPS) is 15.5. The molecule has 1 aliphatic rings. The molecule has 0 aliphatic carbocycles. The number of carbonyl (C=O) groups is 1. The van der Waals surface area contributed by atoms with Crippen LogP contribution in [0.5, 0.6) is 0 Å². The monoisotopic (exact) mass is 484 g/mol. The third-order valence-electron chi connectivity index (χ3n) is 4.62. The molecule has 176 valence electrons. The summed E-state index contributed by atoms with van der Waals surface area (Å²) in [4.78, 5) is 24.2. The molecule has 4 heterocycles. The predicted octanol–water partition coefficient (Wildman–Crippen LogP) is 2.89. The number of nitrogens with one attached hydrogen (secondary N) is 2. The highest BCUT2D eigenvalue weighted by molar-refractivity contribution is 6.32. The lowest BCUT2D eigenvalue weighted by atomic mass is 10.2. The first-order valence-corrected chi connectivity index (χ1v) is 10.0. The Morgan fingerprint density at radius 3 is 2.73 bits per heavy atom. The third-order valence-corrected chi connectivity index (χ3v) is 4.92. The van der Waals surface area contributed by atoms with Crippen LogP contribution in [0.1, 0.15) is 6.42 Å². The maximum atomic E-state index is 10.6. The van der Waals surface area contributed by atoms with Crippen molar-refractivity contribution in [3.8, 4) is 5.82 Å². The van der Waals surface area contributed by atoms with Crippen molar-refractivity contribution in [2.75, 3.05) is 30.4 Å². The van der Waals surface area contributed by atoms with E-state index in [9.17, 15) is 13.2 Å². The van der Waals surface area contributed by atoms with E-state index >= 15 is 0 Å². The van der Waals surface area contributed by atoms with Crippen LogP contribution in [0.2, 0.25) is 5.02 Å². The first-order valence-electron chi connectivity index (χ1n) is 9.64. The van der Waals surface area contributed by atoms with Gasteiger partial charge in [0.2, 0.25) is 5.95 Å². The van der Waals surface area contributed by atoms with Gasteiger partial charge in [-0.1, -0.05) is 11.6 Å². The van der Waals surface area contributed by atoms with Crippen LogP contribution in [0, 0.1) is 0 Å². The Morgan fingerprint density at radius 2 is 2.09 bits per heavy atom. The third kappa shape index (κ3) is 6.52. The number of carboxylic acids is 1. The Balaban J connectivity index is 0.000000383. The second-order valence-electron chi connectivity index (χ2n) is 6.91. The summed E-state index contributed by atoms with van der Waals surface area (Å²) in [5.41, 5.74) is 0.758. The standard InChI is InChI=1S/C17H19ClN8.C2HF3O2/c1-25(13-4-7-19-10-13)15-5-8-21-17(24-15)23-12-9-22-26(11-12)16-14(18)3-2-6-20-16;3-2(4,5)1(6)7/h2-3,5-6,8-9,11,13,19H,4,7,10H2,1H3,(H,21,23,24);(H,6,7). The van der Waals surface area contributed by atoms with E-state index in [-0.39, 0.29) is 0 Å². The van der Waals surface area contributed by atoms with Crippen molar-refractivity contribution in [3.63, 3.8) is 0 Å². The van der Waals surface area contributed by atoms with Gasteiger partial charge in [0.25, 0.3) is 0 Å². The number of nitrogens with zero attached hydrogens (tertiary/aromatic N) is 6. The number of likely N-dealkylation sites (N-methyl/N-ethyl adjacent to an activating group) is 1. The van der Waals surface area contributed by atoms with Crippen molar-refractivity contribution in [2.45, 2.75) is 18.6 Å². The molecule has 1 fully saturated rings. The first kappa shape index (κ1) is 24.2. The Bertz CT molecular complexity index is 1090. The molecule has 3 aromatic heterocycles. The molecule has 0 radical (unpaired) electrons. The van der Waals surface area contributed by atoms with Gasteiger partial charge in [-0.3, -0.25) is 0 Å². The summed E-state index contributed by atoms with van der Waals surface area (Å²) in [5.74, 6) is -0.777. The van der Waals surface area contributed by atoms with Crippen molar-refractivity contribution >= 4 is 35.0 Å². The number of alkyl halides is 3. The summed E-state index contributed by atoms with van der Waals surface area (Å²) in [7, 11) is 2.06.